The van der Waals surface area contributed by atoms with Crippen LogP contribution in [0.15, 0.2) is 52.1 Å². The third-order valence-electron chi connectivity index (χ3n) is 3.39. The van der Waals surface area contributed by atoms with Gasteiger partial charge < -0.3 is 25.1 Å². The van der Waals surface area contributed by atoms with Crippen molar-refractivity contribution in [3.63, 3.8) is 0 Å². The predicted molar refractivity (Wildman–Crippen MR) is 101 cm³/mol. The second kappa shape index (κ2) is 10.4. The first-order chi connectivity index (χ1) is 12.6. The lowest BCUT2D eigenvalue weighted by Crippen LogP contribution is -2.45. The van der Waals surface area contributed by atoms with Gasteiger partial charge in [0, 0.05) is 12.1 Å². The molecule has 0 aliphatic rings. The number of carbonyl (C=O) groups is 1. The van der Waals surface area contributed by atoms with Crippen LogP contribution in [0.5, 0.6) is 5.75 Å². The standard InChI is InChI=1S/C18H23ClN4O3/c1-13(26-15-7-5-14(19)6-8-15)10-22-18(20-2)23-12-17(24)21-11-16-4-3-9-25-16/h3-9,13H,10-12H2,1-2H3,(H,21,24)(H2,20,22,23). The molecule has 0 fully saturated rings. The Morgan fingerprint density at radius 3 is 2.65 bits per heavy atom. The van der Waals surface area contributed by atoms with Gasteiger partial charge in [-0.3, -0.25) is 9.79 Å². The van der Waals surface area contributed by atoms with E-state index < -0.39 is 0 Å². The Labute approximate surface area is 157 Å². The summed E-state index contributed by atoms with van der Waals surface area (Å²) in [6.45, 7) is 2.92. The molecule has 1 aromatic heterocycles. The number of ether oxygens (including phenoxy) is 1. The van der Waals surface area contributed by atoms with Crippen molar-refractivity contribution in [2.45, 2.75) is 19.6 Å². The molecule has 1 atom stereocenters. The number of nitrogens with one attached hydrogen (secondary N) is 3. The number of halogens is 1. The molecule has 0 saturated carbocycles. The van der Waals surface area contributed by atoms with Crippen molar-refractivity contribution in [3.8, 4) is 5.75 Å². The summed E-state index contributed by atoms with van der Waals surface area (Å²) >= 11 is 5.85. The number of benzene rings is 1. The molecule has 8 heteroatoms. The molecule has 0 bridgehead atoms. The number of nitrogens with zero attached hydrogens (tertiary/aromatic N) is 1. The first kappa shape index (κ1) is 19.7. The molecule has 2 rings (SSSR count). The van der Waals surface area contributed by atoms with Gasteiger partial charge in [0.15, 0.2) is 5.96 Å². The van der Waals surface area contributed by atoms with E-state index in [1.54, 1.807) is 37.6 Å². The normalized spacial score (nSPS) is 12.3. The molecule has 2 aromatic rings. The lowest BCUT2D eigenvalue weighted by molar-refractivity contribution is -0.120. The lowest BCUT2D eigenvalue weighted by Gasteiger charge is -2.17. The summed E-state index contributed by atoms with van der Waals surface area (Å²) in [5.41, 5.74) is 0. The molecule has 0 saturated heterocycles. The van der Waals surface area contributed by atoms with Gasteiger partial charge >= 0.3 is 0 Å². The maximum Gasteiger partial charge on any atom is 0.239 e. The van der Waals surface area contributed by atoms with Crippen LogP contribution >= 0.6 is 11.6 Å². The number of hydrogen-bond donors (Lipinski definition) is 3. The monoisotopic (exact) mass is 378 g/mol. The van der Waals surface area contributed by atoms with Crippen LogP contribution in [0.25, 0.3) is 0 Å². The van der Waals surface area contributed by atoms with E-state index in [2.05, 4.69) is 20.9 Å². The van der Waals surface area contributed by atoms with Gasteiger partial charge in [-0.25, -0.2) is 0 Å². The molecule has 140 valence electrons. The highest BCUT2D eigenvalue weighted by atomic mass is 35.5. The third-order valence-corrected chi connectivity index (χ3v) is 3.64. The zero-order valence-corrected chi connectivity index (χ0v) is 15.5. The summed E-state index contributed by atoms with van der Waals surface area (Å²) < 4.78 is 10.9. The Balaban J connectivity index is 1.66. The molecular weight excluding hydrogens is 356 g/mol. The number of rotatable bonds is 8. The number of guanidine groups is 1. The molecule has 1 amide bonds. The highest BCUT2D eigenvalue weighted by molar-refractivity contribution is 6.30. The molecule has 1 unspecified atom stereocenters. The Hall–Kier alpha value is -2.67. The molecule has 7 nitrogen and oxygen atoms in total. The quantitative estimate of drug-likeness (QED) is 0.484. The molecule has 0 aliphatic carbocycles. The molecule has 1 aromatic carbocycles. The second-order valence-corrected chi connectivity index (χ2v) is 5.98. The summed E-state index contributed by atoms with van der Waals surface area (Å²) in [4.78, 5) is 15.9. The van der Waals surface area contributed by atoms with Crippen LogP contribution in [-0.4, -0.2) is 38.1 Å². The van der Waals surface area contributed by atoms with Gasteiger partial charge in [0.1, 0.15) is 17.6 Å². The van der Waals surface area contributed by atoms with Crippen molar-refractivity contribution in [2.24, 2.45) is 4.99 Å². The third kappa shape index (κ3) is 7.06. The van der Waals surface area contributed by atoms with Gasteiger partial charge in [0.05, 0.1) is 25.9 Å². The van der Waals surface area contributed by atoms with Crippen molar-refractivity contribution in [3.05, 3.63) is 53.4 Å². The van der Waals surface area contributed by atoms with Crippen molar-refractivity contribution < 1.29 is 13.9 Å². The van der Waals surface area contributed by atoms with Crippen LogP contribution < -0.4 is 20.7 Å². The molecule has 3 N–H and O–H groups in total. The van der Waals surface area contributed by atoms with E-state index in [4.69, 9.17) is 20.8 Å². The average Bonchev–Trinajstić information content (AvgIpc) is 3.15. The van der Waals surface area contributed by atoms with Crippen LogP contribution in [0, 0.1) is 0 Å². The zero-order chi connectivity index (χ0) is 18.8. The SMILES string of the molecule is CN=C(NCC(=O)NCc1ccco1)NCC(C)Oc1ccc(Cl)cc1. The zero-order valence-electron chi connectivity index (χ0n) is 14.8. The van der Waals surface area contributed by atoms with Crippen LogP contribution in [0.4, 0.5) is 0 Å². The fraction of sp³-hybridized carbons (Fsp3) is 0.333. The van der Waals surface area contributed by atoms with Crippen molar-refractivity contribution in [1.82, 2.24) is 16.0 Å². The largest absolute Gasteiger partial charge is 0.489 e. The summed E-state index contributed by atoms with van der Waals surface area (Å²) in [5.74, 6) is 1.80. The minimum absolute atomic E-state index is 0.0949. The topological polar surface area (TPSA) is 87.9 Å². The van der Waals surface area contributed by atoms with E-state index in [0.717, 1.165) is 5.75 Å². The lowest BCUT2D eigenvalue weighted by atomic mass is 10.3. The van der Waals surface area contributed by atoms with E-state index in [1.165, 1.54) is 0 Å². The van der Waals surface area contributed by atoms with Gasteiger partial charge in [-0.2, -0.15) is 0 Å². The maximum absolute atomic E-state index is 11.8. The number of amides is 1. The van der Waals surface area contributed by atoms with Gasteiger partial charge in [-0.05, 0) is 43.3 Å². The summed E-state index contributed by atoms with van der Waals surface area (Å²) in [5, 5.41) is 9.48. The van der Waals surface area contributed by atoms with Gasteiger partial charge in [-0.1, -0.05) is 11.6 Å². The molecule has 1 heterocycles. The molecular formula is C18H23ClN4O3. The Morgan fingerprint density at radius 1 is 1.23 bits per heavy atom. The number of hydrogen-bond acceptors (Lipinski definition) is 4. The Morgan fingerprint density at radius 2 is 2.00 bits per heavy atom. The maximum atomic E-state index is 11.8. The minimum Gasteiger partial charge on any atom is -0.489 e. The Kier molecular flexibility index (Phi) is 7.82. The van der Waals surface area contributed by atoms with E-state index in [-0.39, 0.29) is 18.6 Å². The van der Waals surface area contributed by atoms with Crippen molar-refractivity contribution >= 4 is 23.5 Å². The van der Waals surface area contributed by atoms with Crippen LogP contribution in [0.1, 0.15) is 12.7 Å². The summed E-state index contributed by atoms with van der Waals surface area (Å²) in [6.07, 6.45) is 1.47. The second-order valence-electron chi connectivity index (χ2n) is 5.55. The molecule has 26 heavy (non-hydrogen) atoms. The number of furan rings is 1. The van der Waals surface area contributed by atoms with Crippen LogP contribution in [0.2, 0.25) is 5.02 Å². The van der Waals surface area contributed by atoms with Gasteiger partial charge in [0.25, 0.3) is 0 Å². The van der Waals surface area contributed by atoms with E-state index in [9.17, 15) is 4.79 Å². The van der Waals surface area contributed by atoms with E-state index in [1.807, 2.05) is 19.1 Å². The minimum atomic E-state index is -0.158. The first-order valence-electron chi connectivity index (χ1n) is 8.22. The van der Waals surface area contributed by atoms with E-state index >= 15 is 0 Å². The highest BCUT2D eigenvalue weighted by Gasteiger charge is 2.08. The van der Waals surface area contributed by atoms with Gasteiger partial charge in [0.2, 0.25) is 5.91 Å². The van der Waals surface area contributed by atoms with Crippen LogP contribution in [0.3, 0.4) is 0 Å². The Bertz CT molecular complexity index is 702. The number of carbonyl (C=O) groups excluding carboxylic acids is 1. The molecule has 0 spiro atoms. The summed E-state index contributed by atoms with van der Waals surface area (Å²) in [7, 11) is 1.64. The molecule has 0 aliphatic heterocycles. The van der Waals surface area contributed by atoms with Crippen LogP contribution in [-0.2, 0) is 11.3 Å². The molecule has 0 radical (unpaired) electrons. The van der Waals surface area contributed by atoms with Crippen molar-refractivity contribution in [2.75, 3.05) is 20.1 Å². The summed E-state index contributed by atoms with van der Waals surface area (Å²) in [6, 6.07) is 10.8. The van der Waals surface area contributed by atoms with Crippen molar-refractivity contribution in [1.29, 1.82) is 0 Å². The number of aliphatic imine (C=N–C) groups is 1. The average molecular weight is 379 g/mol. The predicted octanol–water partition coefficient (Wildman–Crippen LogP) is 2.18. The smallest absolute Gasteiger partial charge is 0.239 e. The van der Waals surface area contributed by atoms with E-state index in [0.29, 0.717) is 29.8 Å². The first-order valence-corrected chi connectivity index (χ1v) is 8.60. The highest BCUT2D eigenvalue weighted by Crippen LogP contribution is 2.16. The van der Waals surface area contributed by atoms with Gasteiger partial charge in [-0.15, -0.1) is 0 Å². The fourth-order valence-electron chi connectivity index (χ4n) is 2.07. The fourth-order valence-corrected chi connectivity index (χ4v) is 2.20.